The van der Waals surface area contributed by atoms with Crippen LogP contribution in [-0.2, 0) is 16.4 Å². The summed E-state index contributed by atoms with van der Waals surface area (Å²) in [5.74, 6) is 1.29. The molecule has 30 heavy (non-hydrogen) atoms. The molecule has 3 rings (SSSR count). The zero-order chi connectivity index (χ0) is 21.7. The second-order valence-corrected chi connectivity index (χ2v) is 11.0. The fourth-order valence-corrected chi connectivity index (χ4v) is 6.20. The van der Waals surface area contributed by atoms with Crippen molar-refractivity contribution < 1.29 is 8.42 Å². The largest absolute Gasteiger partial charge is 0.356 e. The Hall–Kier alpha value is -1.90. The molecule has 2 N–H and O–H groups in total. The number of nitrogens with zero attached hydrogens (tertiary/aromatic N) is 2. The van der Waals surface area contributed by atoms with E-state index in [9.17, 15) is 8.42 Å². The first-order valence-electron chi connectivity index (χ1n) is 10.3. The van der Waals surface area contributed by atoms with Crippen LogP contribution in [0.1, 0.15) is 34.9 Å². The van der Waals surface area contributed by atoms with Crippen LogP contribution in [-0.4, -0.2) is 52.7 Å². The molecular weight excluding hydrogens is 416 g/mol. The average molecular weight is 449 g/mol. The van der Waals surface area contributed by atoms with Crippen LogP contribution in [0.2, 0.25) is 0 Å². The lowest BCUT2D eigenvalue weighted by Gasteiger charge is -2.39. The molecule has 2 aromatic rings. The molecule has 6 nitrogen and oxygen atoms in total. The Kier molecular flexibility index (Phi) is 7.55. The summed E-state index contributed by atoms with van der Waals surface area (Å²) < 4.78 is 23.6. The van der Waals surface area contributed by atoms with E-state index in [-0.39, 0.29) is 0 Å². The Balaban J connectivity index is 1.59. The summed E-state index contributed by atoms with van der Waals surface area (Å²) >= 11 is 1.83. The summed E-state index contributed by atoms with van der Waals surface area (Å²) in [6, 6.07) is 10.3. The summed E-state index contributed by atoms with van der Waals surface area (Å²) in [7, 11) is 0.794. The number of rotatable bonds is 6. The van der Waals surface area contributed by atoms with Crippen LogP contribution in [0, 0.1) is 12.8 Å². The Morgan fingerprint density at radius 2 is 2.10 bits per heavy atom. The van der Waals surface area contributed by atoms with Gasteiger partial charge in [-0.25, -0.2) is 8.42 Å². The van der Waals surface area contributed by atoms with E-state index in [1.165, 1.54) is 24.0 Å². The molecule has 164 valence electrons. The number of guanidine groups is 1. The van der Waals surface area contributed by atoms with Gasteiger partial charge in [0.05, 0.1) is 4.90 Å². The minimum absolute atomic E-state index is 0.384. The molecule has 1 aromatic carbocycles. The lowest BCUT2D eigenvalue weighted by Crippen LogP contribution is -2.44. The third kappa shape index (κ3) is 5.62. The fourth-order valence-electron chi connectivity index (χ4n) is 4.25. The monoisotopic (exact) mass is 448 g/mol. The quantitative estimate of drug-likeness (QED) is 0.524. The number of sulfone groups is 1. The first kappa shape index (κ1) is 22.8. The molecule has 0 saturated carbocycles. The van der Waals surface area contributed by atoms with Crippen molar-refractivity contribution in [1.29, 1.82) is 0 Å². The van der Waals surface area contributed by atoms with Crippen molar-refractivity contribution in [2.45, 2.75) is 37.2 Å². The number of aryl methyl sites for hydroxylation is 1. The van der Waals surface area contributed by atoms with Crippen LogP contribution in [0.15, 0.2) is 45.6 Å². The van der Waals surface area contributed by atoms with Crippen LogP contribution in [0.4, 0.5) is 0 Å². The molecule has 8 heteroatoms. The highest BCUT2D eigenvalue weighted by Crippen LogP contribution is 2.36. The summed E-state index contributed by atoms with van der Waals surface area (Å²) in [5, 5.41) is 9.00. The number of thiophene rings is 1. The number of piperidine rings is 1. The summed E-state index contributed by atoms with van der Waals surface area (Å²) in [4.78, 5) is 8.63. The third-order valence-electron chi connectivity index (χ3n) is 5.70. The molecule has 2 heterocycles. The van der Waals surface area contributed by atoms with Crippen molar-refractivity contribution in [3.8, 4) is 0 Å². The molecule has 0 radical (unpaired) electrons. The van der Waals surface area contributed by atoms with Crippen LogP contribution >= 0.6 is 11.3 Å². The van der Waals surface area contributed by atoms with E-state index in [1.54, 1.807) is 13.1 Å². The van der Waals surface area contributed by atoms with Gasteiger partial charge in [0.1, 0.15) is 0 Å². The van der Waals surface area contributed by atoms with E-state index in [0.717, 1.165) is 30.2 Å². The molecule has 0 bridgehead atoms. The van der Waals surface area contributed by atoms with Gasteiger partial charge in [-0.15, -0.1) is 11.3 Å². The van der Waals surface area contributed by atoms with Gasteiger partial charge in [0.25, 0.3) is 0 Å². The van der Waals surface area contributed by atoms with Gasteiger partial charge in [-0.05, 0) is 67.9 Å². The summed E-state index contributed by atoms with van der Waals surface area (Å²) in [6.07, 6.45) is 3.65. The molecule has 1 saturated heterocycles. The molecule has 2 atom stereocenters. The van der Waals surface area contributed by atoms with Gasteiger partial charge >= 0.3 is 0 Å². The Bertz CT molecular complexity index is 971. The SMILES string of the molecule is CN=C(NCc1ccc(S(C)(=O)=O)c(C)c1)NCC1CCCN(C)C1c1cccs1. The van der Waals surface area contributed by atoms with E-state index in [2.05, 4.69) is 45.1 Å². The summed E-state index contributed by atoms with van der Waals surface area (Å²) in [5.41, 5.74) is 1.79. The molecular formula is C22H32N4O2S2. The molecule has 2 unspecified atom stereocenters. The maximum atomic E-state index is 11.8. The van der Waals surface area contributed by atoms with Crippen molar-refractivity contribution >= 4 is 27.1 Å². The van der Waals surface area contributed by atoms with Gasteiger partial charge in [0.2, 0.25) is 0 Å². The standard InChI is InChI=1S/C22H32N4O2S2/c1-16-13-17(9-10-20(16)30(4,27)28)14-24-22(23-2)25-15-18-7-5-11-26(3)21(18)19-8-6-12-29-19/h6,8-10,12-13,18,21H,5,7,11,14-15H2,1-4H3,(H2,23,24,25). The van der Waals surface area contributed by atoms with E-state index in [4.69, 9.17) is 0 Å². The van der Waals surface area contributed by atoms with Crippen molar-refractivity contribution in [3.63, 3.8) is 0 Å². The van der Waals surface area contributed by atoms with Gasteiger partial charge in [-0.1, -0.05) is 18.2 Å². The van der Waals surface area contributed by atoms with E-state index >= 15 is 0 Å². The maximum absolute atomic E-state index is 11.8. The highest BCUT2D eigenvalue weighted by atomic mass is 32.2. The Morgan fingerprint density at radius 1 is 1.30 bits per heavy atom. The predicted octanol–water partition coefficient (Wildman–Crippen LogP) is 3.21. The zero-order valence-corrected chi connectivity index (χ0v) is 19.8. The van der Waals surface area contributed by atoms with Crippen molar-refractivity contribution in [2.75, 3.05) is 33.4 Å². The van der Waals surface area contributed by atoms with Crippen molar-refractivity contribution in [2.24, 2.45) is 10.9 Å². The number of aliphatic imine (C=N–C) groups is 1. The number of likely N-dealkylation sites (tertiary alicyclic amines) is 1. The van der Waals surface area contributed by atoms with Gasteiger partial charge in [-0.2, -0.15) is 0 Å². The highest BCUT2D eigenvalue weighted by molar-refractivity contribution is 7.90. The first-order valence-corrected chi connectivity index (χ1v) is 13.0. The molecule has 0 amide bonds. The normalized spacial score (nSPS) is 20.9. The number of nitrogens with one attached hydrogen (secondary N) is 2. The van der Waals surface area contributed by atoms with Gasteiger partial charge in [0, 0.05) is 37.3 Å². The van der Waals surface area contributed by atoms with Crippen LogP contribution < -0.4 is 10.6 Å². The second kappa shape index (κ2) is 9.94. The average Bonchev–Trinajstić information content (AvgIpc) is 3.21. The van der Waals surface area contributed by atoms with Gasteiger partial charge in [-0.3, -0.25) is 9.89 Å². The topological polar surface area (TPSA) is 73.8 Å². The first-order chi connectivity index (χ1) is 14.3. The van der Waals surface area contributed by atoms with Crippen LogP contribution in [0.25, 0.3) is 0 Å². The Morgan fingerprint density at radius 3 is 2.73 bits per heavy atom. The van der Waals surface area contributed by atoms with E-state index in [0.29, 0.717) is 23.4 Å². The minimum Gasteiger partial charge on any atom is -0.356 e. The molecule has 0 spiro atoms. The number of hydrogen-bond donors (Lipinski definition) is 2. The predicted molar refractivity (Wildman–Crippen MR) is 125 cm³/mol. The van der Waals surface area contributed by atoms with Gasteiger partial charge in [0.15, 0.2) is 15.8 Å². The van der Waals surface area contributed by atoms with Crippen LogP contribution in [0.5, 0.6) is 0 Å². The lowest BCUT2D eigenvalue weighted by atomic mass is 9.88. The molecule has 1 aliphatic rings. The highest BCUT2D eigenvalue weighted by Gasteiger charge is 2.31. The second-order valence-electron chi connectivity index (χ2n) is 8.02. The minimum atomic E-state index is -3.20. The fraction of sp³-hybridized carbons (Fsp3) is 0.500. The number of hydrogen-bond acceptors (Lipinski definition) is 5. The molecule has 1 aromatic heterocycles. The van der Waals surface area contributed by atoms with Gasteiger partial charge < -0.3 is 10.6 Å². The molecule has 0 aliphatic carbocycles. The maximum Gasteiger partial charge on any atom is 0.191 e. The third-order valence-corrected chi connectivity index (χ3v) is 7.90. The van der Waals surface area contributed by atoms with Crippen molar-refractivity contribution in [3.05, 3.63) is 51.7 Å². The van der Waals surface area contributed by atoms with E-state index < -0.39 is 9.84 Å². The molecule has 1 aliphatic heterocycles. The smallest absolute Gasteiger partial charge is 0.191 e. The van der Waals surface area contributed by atoms with Crippen LogP contribution in [0.3, 0.4) is 0 Å². The lowest BCUT2D eigenvalue weighted by molar-refractivity contribution is 0.125. The van der Waals surface area contributed by atoms with E-state index in [1.807, 2.05) is 30.4 Å². The summed E-state index contributed by atoms with van der Waals surface area (Å²) in [6.45, 7) is 4.41. The number of benzene rings is 1. The van der Waals surface area contributed by atoms with Crippen molar-refractivity contribution in [1.82, 2.24) is 15.5 Å². The molecule has 1 fully saturated rings. The zero-order valence-electron chi connectivity index (χ0n) is 18.2. The Labute approximate surface area is 184 Å².